The lowest BCUT2D eigenvalue weighted by molar-refractivity contribution is -2.00. The molecule has 0 aromatic carbocycles. The van der Waals surface area contributed by atoms with Crippen LogP contribution in [0.3, 0.4) is 0 Å². The van der Waals surface area contributed by atoms with Crippen LogP contribution in [0.1, 0.15) is 0 Å². The van der Waals surface area contributed by atoms with Gasteiger partial charge < -0.3 is 0 Å². The first-order chi connectivity index (χ1) is 6.13. The van der Waals surface area contributed by atoms with Crippen molar-refractivity contribution >= 4 is 0 Å². The van der Waals surface area contributed by atoms with Crippen LogP contribution in [0.25, 0.3) is 0 Å². The second-order valence-electron chi connectivity index (χ2n) is 3.48. The lowest BCUT2D eigenvalue weighted by Gasteiger charge is -2.17. The number of hydrogen-bond acceptors (Lipinski definition) is 6. The van der Waals surface area contributed by atoms with Crippen LogP contribution in [0, 0.1) is 16.7 Å². The van der Waals surface area contributed by atoms with Crippen molar-refractivity contribution in [2.75, 3.05) is 28.2 Å². The summed E-state index contributed by atoms with van der Waals surface area (Å²) in [5.41, 5.74) is 0. The molecule has 0 spiro atoms. The van der Waals surface area contributed by atoms with Gasteiger partial charge in [0.1, 0.15) is 6.42 Å². The van der Waals surface area contributed by atoms with Gasteiger partial charge in [0.15, 0.2) is 0 Å². The molecule has 1 fully saturated rings. The molecule has 84 valence electrons. The largest absolute Gasteiger partial charge is 0.264 e. The Hall–Kier alpha value is -0.0800. The molecule has 14 heavy (non-hydrogen) atoms. The van der Waals surface area contributed by atoms with Crippen molar-refractivity contribution in [2.45, 2.75) is 12.1 Å². The van der Waals surface area contributed by atoms with Gasteiger partial charge in [-0.15, -0.1) is 10.2 Å². The molecule has 2 atom stereocenters. The van der Waals surface area contributed by atoms with Gasteiger partial charge in [0.25, 0.3) is 0 Å². The molecule has 6 nitrogen and oxygen atoms in total. The minimum atomic E-state index is -4.94. The number of hydrogen-bond donors (Lipinski definition) is 0. The summed E-state index contributed by atoms with van der Waals surface area (Å²) in [4.78, 5) is 4.48. The molecule has 0 heterocycles. The second kappa shape index (κ2) is 5.13. The molecule has 0 aromatic heterocycles. The van der Waals surface area contributed by atoms with Crippen molar-refractivity contribution in [3.8, 4) is 0 Å². The van der Waals surface area contributed by atoms with Crippen LogP contribution < -0.4 is 18.6 Å². The van der Waals surface area contributed by atoms with Crippen molar-refractivity contribution in [1.29, 1.82) is 0 Å². The zero-order chi connectivity index (χ0) is 11.5. The molecule has 0 saturated heterocycles. The Morgan fingerprint density at radius 3 is 1.14 bits per heavy atom. The van der Waals surface area contributed by atoms with E-state index in [4.69, 9.17) is 18.6 Å². The van der Waals surface area contributed by atoms with Crippen molar-refractivity contribution in [3.63, 3.8) is 0 Å². The fourth-order valence-electron chi connectivity index (χ4n) is 1.09. The Labute approximate surface area is 86.1 Å². The van der Waals surface area contributed by atoms with E-state index in [0.717, 1.165) is 0 Å². The number of likely N-dealkylation sites (N-methyl/N-ethyl adjacent to an activating group) is 2. The van der Waals surface area contributed by atoms with Gasteiger partial charge in [-0.05, 0) is 28.2 Å². The van der Waals surface area contributed by atoms with Gasteiger partial charge in [-0.1, -0.05) is 0 Å². The van der Waals surface area contributed by atoms with E-state index in [1.165, 1.54) is 0 Å². The minimum absolute atomic E-state index is 0.694. The molecule has 2 unspecified atom stereocenters. The summed E-state index contributed by atoms with van der Waals surface area (Å²) in [5.74, 6) is 0. The maximum absolute atomic E-state index is 8.49. The zero-order valence-electron chi connectivity index (χ0n) is 8.64. The van der Waals surface area contributed by atoms with E-state index in [1.54, 1.807) is 0 Å². The monoisotopic (exact) mass is 226 g/mol. The summed E-state index contributed by atoms with van der Waals surface area (Å²) in [6.45, 7) is 0. The molecule has 7 heteroatoms. The average Bonchev–Trinajstić information content (AvgIpc) is 2.57. The van der Waals surface area contributed by atoms with E-state index in [0.29, 0.717) is 12.1 Å². The van der Waals surface area contributed by atoms with Crippen molar-refractivity contribution in [2.24, 2.45) is 0 Å². The van der Waals surface area contributed by atoms with E-state index in [9.17, 15) is 0 Å². The Morgan fingerprint density at radius 2 is 1.07 bits per heavy atom. The Bertz CT molecular complexity index is 154. The Balaban J connectivity index is 0.000000292. The van der Waals surface area contributed by atoms with Crippen LogP contribution >= 0.6 is 0 Å². The van der Waals surface area contributed by atoms with Gasteiger partial charge >= 0.3 is 0 Å². The van der Waals surface area contributed by atoms with E-state index < -0.39 is 10.2 Å². The van der Waals surface area contributed by atoms with Gasteiger partial charge in [-0.2, -0.15) is 0 Å². The first-order valence-electron chi connectivity index (χ1n) is 3.92. The smallest absolute Gasteiger partial charge is 0.210 e. The summed E-state index contributed by atoms with van der Waals surface area (Å²) < 4.78 is 34.0. The van der Waals surface area contributed by atoms with E-state index in [2.05, 4.69) is 44.4 Å². The summed E-state index contributed by atoms with van der Waals surface area (Å²) in [6, 6.07) is 1.39. The van der Waals surface area contributed by atoms with Crippen LogP contribution in [0.5, 0.6) is 0 Å². The molecular formula is C7H15ClN2O4. The fraction of sp³-hybridized carbons (Fsp3) is 0.857. The fourth-order valence-corrected chi connectivity index (χ4v) is 1.09. The second-order valence-corrected chi connectivity index (χ2v) is 4.23. The van der Waals surface area contributed by atoms with Gasteiger partial charge in [0.05, 0.1) is 0 Å². The first-order valence-corrected chi connectivity index (χ1v) is 5.16. The Kier molecular flexibility index (Phi) is 5.10. The van der Waals surface area contributed by atoms with Gasteiger partial charge in [0, 0.05) is 0 Å². The third-order valence-corrected chi connectivity index (χ3v) is 1.80. The average molecular weight is 227 g/mol. The lowest BCUT2D eigenvalue weighted by atomic mass is 10.5. The first kappa shape index (κ1) is 13.9. The van der Waals surface area contributed by atoms with Crippen molar-refractivity contribution in [1.82, 2.24) is 9.80 Å². The topological polar surface area (TPSA) is 98.7 Å². The highest BCUT2D eigenvalue weighted by atomic mass is 35.7. The number of nitrogens with zero attached hydrogens (tertiary/aromatic N) is 2. The SMILES string of the molecule is CN(C)C1[CH+]C1N(C)C.[O-][Cl+3]([O-])([O-])[O-]. The third-order valence-electron chi connectivity index (χ3n) is 1.80. The lowest BCUT2D eigenvalue weighted by Crippen LogP contribution is -2.68. The molecule has 0 radical (unpaired) electrons. The van der Waals surface area contributed by atoms with Crippen molar-refractivity contribution < 1.29 is 28.9 Å². The molecule has 0 aliphatic heterocycles. The molecule has 0 N–H and O–H groups in total. The highest BCUT2D eigenvalue weighted by Gasteiger charge is 2.54. The Morgan fingerprint density at radius 1 is 0.857 bits per heavy atom. The van der Waals surface area contributed by atoms with Crippen LogP contribution in [-0.2, 0) is 0 Å². The quantitative estimate of drug-likeness (QED) is 0.439. The van der Waals surface area contributed by atoms with E-state index in [-0.39, 0.29) is 0 Å². The molecular weight excluding hydrogens is 212 g/mol. The highest BCUT2D eigenvalue weighted by molar-refractivity contribution is 5.17. The van der Waals surface area contributed by atoms with Crippen molar-refractivity contribution in [3.05, 3.63) is 6.42 Å². The molecule has 1 rings (SSSR count). The predicted octanol–water partition coefficient (Wildman–Crippen LogP) is -4.69. The van der Waals surface area contributed by atoms with Crippen LogP contribution in [-0.4, -0.2) is 50.1 Å². The van der Waals surface area contributed by atoms with Gasteiger partial charge in [-0.3, -0.25) is 9.80 Å². The maximum atomic E-state index is 8.49. The van der Waals surface area contributed by atoms with E-state index >= 15 is 0 Å². The summed E-state index contributed by atoms with van der Waals surface area (Å²) >= 11 is 0. The third kappa shape index (κ3) is 7.34. The maximum Gasteiger partial charge on any atom is 0.210 e. The molecule has 1 aliphatic carbocycles. The van der Waals surface area contributed by atoms with Gasteiger partial charge in [-0.25, -0.2) is 18.6 Å². The summed E-state index contributed by atoms with van der Waals surface area (Å²) in [6.07, 6.45) is 2.33. The summed E-state index contributed by atoms with van der Waals surface area (Å²) in [7, 11) is 3.52. The molecule has 0 aromatic rings. The normalized spacial score (nSPS) is 25.6. The molecule has 0 bridgehead atoms. The number of halogens is 1. The number of rotatable bonds is 2. The van der Waals surface area contributed by atoms with E-state index in [1.807, 2.05) is 0 Å². The molecule has 1 aliphatic rings. The molecule has 1 saturated carbocycles. The highest BCUT2D eigenvalue weighted by Crippen LogP contribution is 2.27. The molecule has 0 amide bonds. The standard InChI is InChI=1S/C7H15N2.ClHO4/c1-8(2)6-5-7(6)9(3)4;2-1(3,4)5/h5-7H,1-4H3;(H,2,3,4,5)/q+1;/p-1. The summed E-state index contributed by atoms with van der Waals surface area (Å²) in [5, 5.41) is 0. The van der Waals surface area contributed by atoms with Crippen LogP contribution in [0.2, 0.25) is 0 Å². The van der Waals surface area contributed by atoms with Crippen LogP contribution in [0.15, 0.2) is 0 Å². The minimum Gasteiger partial charge on any atom is -0.264 e. The predicted molar refractivity (Wildman–Crippen MR) is 39.2 cm³/mol. The van der Waals surface area contributed by atoms with Gasteiger partial charge in [0.2, 0.25) is 12.1 Å². The zero-order valence-corrected chi connectivity index (χ0v) is 9.39. The van der Waals surface area contributed by atoms with Crippen LogP contribution in [0.4, 0.5) is 0 Å².